The molecule has 1 aliphatic rings. The van der Waals surface area contributed by atoms with Crippen molar-refractivity contribution in [3.05, 3.63) is 65.7 Å². The Hall–Kier alpha value is -2.82. The third kappa shape index (κ3) is 4.83. The van der Waals surface area contributed by atoms with Gasteiger partial charge in [0, 0.05) is 30.9 Å². The van der Waals surface area contributed by atoms with Gasteiger partial charge < -0.3 is 15.5 Å². The molecule has 0 atom stereocenters. The third-order valence-corrected chi connectivity index (χ3v) is 4.31. The van der Waals surface area contributed by atoms with E-state index in [0.29, 0.717) is 12.1 Å². The molecular weight excluding hydrogens is 314 g/mol. The molecule has 2 aromatic carbocycles. The fourth-order valence-electron chi connectivity index (χ4n) is 2.87. The lowest BCUT2D eigenvalue weighted by Gasteiger charge is -2.15. The smallest absolute Gasteiger partial charge is 0.253 e. The number of carbonyl (C=O) groups excluding carboxylic acids is 2. The zero-order valence-corrected chi connectivity index (χ0v) is 14.2. The average Bonchev–Trinajstić information content (AvgIpc) is 3.20. The molecule has 1 heterocycles. The lowest BCUT2D eigenvalue weighted by Crippen LogP contribution is -2.29. The van der Waals surface area contributed by atoms with E-state index in [0.717, 1.165) is 37.2 Å². The first-order valence-corrected chi connectivity index (χ1v) is 8.66. The van der Waals surface area contributed by atoms with Gasteiger partial charge in [0.05, 0.1) is 6.54 Å². The van der Waals surface area contributed by atoms with Crippen LogP contribution in [0.5, 0.6) is 0 Å². The van der Waals surface area contributed by atoms with Crippen LogP contribution in [0.3, 0.4) is 0 Å². The van der Waals surface area contributed by atoms with Gasteiger partial charge in [-0.05, 0) is 42.7 Å². The van der Waals surface area contributed by atoms with E-state index < -0.39 is 0 Å². The number of likely N-dealkylation sites (tertiary alicyclic amines) is 1. The number of amides is 2. The lowest BCUT2D eigenvalue weighted by molar-refractivity contribution is -0.119. The summed E-state index contributed by atoms with van der Waals surface area (Å²) in [5.41, 5.74) is 2.61. The Balaban J connectivity index is 1.45. The predicted octanol–water partition coefficient (Wildman–Crippen LogP) is 2.65. The summed E-state index contributed by atoms with van der Waals surface area (Å²) in [6, 6.07) is 17.1. The van der Waals surface area contributed by atoms with Crippen molar-refractivity contribution in [1.29, 1.82) is 0 Å². The Morgan fingerprint density at radius 3 is 2.28 bits per heavy atom. The predicted molar refractivity (Wildman–Crippen MR) is 98.4 cm³/mol. The molecule has 25 heavy (non-hydrogen) atoms. The number of para-hydroxylation sites is 1. The van der Waals surface area contributed by atoms with Crippen LogP contribution in [0.1, 0.15) is 28.8 Å². The number of benzene rings is 2. The SMILES string of the molecule is O=C(CNc1ccccc1)NCc1ccc(C(=O)N2CCCC2)cc1. The molecule has 1 aliphatic heterocycles. The van der Waals surface area contributed by atoms with Crippen molar-refractivity contribution >= 4 is 17.5 Å². The van der Waals surface area contributed by atoms with Gasteiger partial charge in [0.1, 0.15) is 0 Å². The summed E-state index contributed by atoms with van der Waals surface area (Å²) in [6.07, 6.45) is 2.18. The average molecular weight is 337 g/mol. The molecule has 3 rings (SSSR count). The van der Waals surface area contributed by atoms with Crippen LogP contribution in [0.2, 0.25) is 0 Å². The maximum atomic E-state index is 12.3. The Morgan fingerprint density at radius 1 is 0.920 bits per heavy atom. The number of nitrogens with zero attached hydrogens (tertiary/aromatic N) is 1. The molecule has 0 radical (unpaired) electrons. The molecule has 130 valence electrons. The highest BCUT2D eigenvalue weighted by Gasteiger charge is 2.19. The molecule has 1 fully saturated rings. The standard InChI is InChI=1S/C20H23N3O2/c24-19(15-21-18-6-2-1-3-7-18)22-14-16-8-10-17(11-9-16)20(25)23-12-4-5-13-23/h1-3,6-11,21H,4-5,12-15H2,(H,22,24). The van der Waals surface area contributed by atoms with Gasteiger partial charge in [0.25, 0.3) is 5.91 Å². The molecule has 2 amide bonds. The lowest BCUT2D eigenvalue weighted by atomic mass is 10.1. The quantitative estimate of drug-likeness (QED) is 0.852. The van der Waals surface area contributed by atoms with Crippen molar-refractivity contribution in [2.75, 3.05) is 25.0 Å². The van der Waals surface area contributed by atoms with Crippen molar-refractivity contribution in [2.24, 2.45) is 0 Å². The van der Waals surface area contributed by atoms with Gasteiger partial charge in [0.2, 0.25) is 5.91 Å². The van der Waals surface area contributed by atoms with Crippen LogP contribution in [-0.2, 0) is 11.3 Å². The Labute approximate surface area is 148 Å². The van der Waals surface area contributed by atoms with Crippen LogP contribution < -0.4 is 10.6 Å². The van der Waals surface area contributed by atoms with Gasteiger partial charge in [-0.1, -0.05) is 30.3 Å². The highest BCUT2D eigenvalue weighted by molar-refractivity contribution is 5.94. The number of hydrogen-bond acceptors (Lipinski definition) is 3. The highest BCUT2D eigenvalue weighted by Crippen LogP contribution is 2.13. The summed E-state index contributed by atoms with van der Waals surface area (Å²) >= 11 is 0. The molecule has 0 bridgehead atoms. The Bertz CT molecular complexity index is 707. The topological polar surface area (TPSA) is 61.4 Å². The number of rotatable bonds is 6. The molecule has 2 aromatic rings. The van der Waals surface area contributed by atoms with Gasteiger partial charge in [0.15, 0.2) is 0 Å². The monoisotopic (exact) mass is 337 g/mol. The van der Waals surface area contributed by atoms with Crippen LogP contribution in [0, 0.1) is 0 Å². The molecule has 5 heteroatoms. The van der Waals surface area contributed by atoms with E-state index in [1.54, 1.807) is 0 Å². The third-order valence-electron chi connectivity index (χ3n) is 4.31. The largest absolute Gasteiger partial charge is 0.376 e. The maximum Gasteiger partial charge on any atom is 0.253 e. The van der Waals surface area contributed by atoms with Crippen molar-refractivity contribution in [2.45, 2.75) is 19.4 Å². The Kier molecular flexibility index (Phi) is 5.67. The van der Waals surface area contributed by atoms with E-state index >= 15 is 0 Å². The molecule has 0 spiro atoms. The highest BCUT2D eigenvalue weighted by atomic mass is 16.2. The van der Waals surface area contributed by atoms with E-state index in [1.165, 1.54) is 0 Å². The normalized spacial score (nSPS) is 13.5. The van der Waals surface area contributed by atoms with Crippen molar-refractivity contribution in [3.8, 4) is 0 Å². The van der Waals surface area contributed by atoms with Crippen LogP contribution >= 0.6 is 0 Å². The molecule has 0 unspecified atom stereocenters. The fraction of sp³-hybridized carbons (Fsp3) is 0.300. The minimum Gasteiger partial charge on any atom is -0.376 e. The van der Waals surface area contributed by atoms with Crippen molar-refractivity contribution in [1.82, 2.24) is 10.2 Å². The van der Waals surface area contributed by atoms with Gasteiger partial charge in [-0.3, -0.25) is 9.59 Å². The number of anilines is 1. The molecule has 0 saturated carbocycles. The van der Waals surface area contributed by atoms with E-state index in [-0.39, 0.29) is 18.4 Å². The summed E-state index contributed by atoms with van der Waals surface area (Å²) < 4.78 is 0. The van der Waals surface area contributed by atoms with Crippen molar-refractivity contribution in [3.63, 3.8) is 0 Å². The number of hydrogen-bond donors (Lipinski definition) is 2. The van der Waals surface area contributed by atoms with Crippen LogP contribution in [0.15, 0.2) is 54.6 Å². The van der Waals surface area contributed by atoms with Crippen LogP contribution in [-0.4, -0.2) is 36.3 Å². The molecular formula is C20H23N3O2. The summed E-state index contributed by atoms with van der Waals surface area (Å²) in [5.74, 6) is 0.0289. The molecule has 0 aliphatic carbocycles. The zero-order valence-electron chi connectivity index (χ0n) is 14.2. The second-order valence-electron chi connectivity index (χ2n) is 6.19. The van der Waals surface area contributed by atoms with E-state index in [1.807, 2.05) is 59.5 Å². The van der Waals surface area contributed by atoms with Gasteiger partial charge in [-0.2, -0.15) is 0 Å². The van der Waals surface area contributed by atoms with E-state index in [4.69, 9.17) is 0 Å². The van der Waals surface area contributed by atoms with Gasteiger partial charge >= 0.3 is 0 Å². The molecule has 0 aromatic heterocycles. The Morgan fingerprint density at radius 2 is 1.60 bits per heavy atom. The van der Waals surface area contributed by atoms with Crippen LogP contribution in [0.4, 0.5) is 5.69 Å². The molecule has 5 nitrogen and oxygen atoms in total. The van der Waals surface area contributed by atoms with E-state index in [9.17, 15) is 9.59 Å². The van der Waals surface area contributed by atoms with Crippen molar-refractivity contribution < 1.29 is 9.59 Å². The zero-order chi connectivity index (χ0) is 17.5. The second kappa shape index (κ2) is 8.33. The summed E-state index contributed by atoms with van der Waals surface area (Å²) in [4.78, 5) is 26.1. The molecule has 1 saturated heterocycles. The number of nitrogens with one attached hydrogen (secondary N) is 2. The summed E-state index contributed by atoms with van der Waals surface area (Å²) in [7, 11) is 0. The maximum absolute atomic E-state index is 12.3. The first-order valence-electron chi connectivity index (χ1n) is 8.66. The number of carbonyl (C=O) groups is 2. The fourth-order valence-corrected chi connectivity index (χ4v) is 2.87. The van der Waals surface area contributed by atoms with Gasteiger partial charge in [-0.15, -0.1) is 0 Å². The van der Waals surface area contributed by atoms with E-state index in [2.05, 4.69) is 10.6 Å². The first-order chi connectivity index (χ1) is 12.2. The summed E-state index contributed by atoms with van der Waals surface area (Å²) in [5, 5.41) is 5.95. The van der Waals surface area contributed by atoms with Crippen LogP contribution in [0.25, 0.3) is 0 Å². The minimum absolute atomic E-state index is 0.0685. The van der Waals surface area contributed by atoms with Gasteiger partial charge in [-0.25, -0.2) is 0 Å². The first kappa shape index (κ1) is 17.0. The minimum atomic E-state index is -0.0685. The summed E-state index contributed by atoms with van der Waals surface area (Å²) in [6.45, 7) is 2.39. The molecule has 2 N–H and O–H groups in total. The second-order valence-corrected chi connectivity index (χ2v) is 6.19.